The Bertz CT molecular complexity index is 328. The molecule has 0 fully saturated rings. The first kappa shape index (κ1) is 13.3. The van der Waals surface area contributed by atoms with Gasteiger partial charge in [0.1, 0.15) is 5.75 Å². The topological polar surface area (TPSA) is 21.3 Å². The zero-order chi connectivity index (χ0) is 12.0. The van der Waals surface area contributed by atoms with Crippen LogP contribution in [0.1, 0.15) is 25.3 Å². The van der Waals surface area contributed by atoms with Crippen molar-refractivity contribution in [1.82, 2.24) is 5.32 Å². The number of likely N-dealkylation sites (N-methyl/N-ethyl adjacent to an activating group) is 1. The van der Waals surface area contributed by atoms with Crippen molar-refractivity contribution in [1.29, 1.82) is 0 Å². The van der Waals surface area contributed by atoms with Gasteiger partial charge >= 0.3 is 0 Å². The summed E-state index contributed by atoms with van der Waals surface area (Å²) in [5, 5.41) is 4.09. The molecule has 0 aliphatic heterocycles. The summed E-state index contributed by atoms with van der Waals surface area (Å²) in [5.41, 5.74) is 1.17. The number of ether oxygens (including phenoxy) is 1. The molecule has 0 heterocycles. The molecule has 1 N–H and O–H groups in total. The van der Waals surface area contributed by atoms with E-state index in [1.165, 1.54) is 12.0 Å². The Morgan fingerprint density at radius 2 is 2.19 bits per heavy atom. The molecule has 90 valence electrons. The third-order valence-corrected chi connectivity index (χ3v) is 2.99. The van der Waals surface area contributed by atoms with Gasteiger partial charge in [-0.05, 0) is 43.7 Å². The Morgan fingerprint density at radius 1 is 1.44 bits per heavy atom. The maximum absolute atomic E-state index is 6.00. The van der Waals surface area contributed by atoms with Crippen molar-refractivity contribution in [2.75, 3.05) is 14.2 Å². The molecule has 1 atom stereocenters. The van der Waals surface area contributed by atoms with E-state index in [2.05, 4.69) is 12.2 Å². The third kappa shape index (κ3) is 3.69. The lowest BCUT2D eigenvalue weighted by atomic mass is 10.0. The molecule has 3 heteroatoms. The predicted octanol–water partition coefficient (Wildman–Crippen LogP) is 3.28. The van der Waals surface area contributed by atoms with Crippen LogP contribution >= 0.6 is 11.6 Å². The molecule has 0 bridgehead atoms. The van der Waals surface area contributed by atoms with Gasteiger partial charge in [0, 0.05) is 11.1 Å². The molecule has 0 aromatic heterocycles. The molecule has 1 aromatic carbocycles. The number of hydrogen-bond acceptors (Lipinski definition) is 2. The highest BCUT2D eigenvalue weighted by atomic mass is 35.5. The fraction of sp³-hybridized carbons (Fsp3) is 0.538. The normalized spacial score (nSPS) is 12.5. The molecule has 1 aromatic rings. The van der Waals surface area contributed by atoms with E-state index in [9.17, 15) is 0 Å². The van der Waals surface area contributed by atoms with Crippen LogP contribution < -0.4 is 10.1 Å². The fourth-order valence-corrected chi connectivity index (χ4v) is 2.06. The molecular formula is C13H20ClNO. The van der Waals surface area contributed by atoms with Gasteiger partial charge in [-0.1, -0.05) is 24.9 Å². The van der Waals surface area contributed by atoms with E-state index < -0.39 is 0 Å². The smallest absolute Gasteiger partial charge is 0.122 e. The van der Waals surface area contributed by atoms with E-state index in [4.69, 9.17) is 16.3 Å². The molecule has 0 saturated heterocycles. The van der Waals surface area contributed by atoms with Gasteiger partial charge in [-0.25, -0.2) is 0 Å². The number of hydrogen-bond donors (Lipinski definition) is 1. The molecule has 0 amide bonds. The van der Waals surface area contributed by atoms with Gasteiger partial charge in [0.05, 0.1) is 7.11 Å². The van der Waals surface area contributed by atoms with Crippen molar-refractivity contribution in [2.45, 2.75) is 32.2 Å². The van der Waals surface area contributed by atoms with Crippen molar-refractivity contribution in [2.24, 2.45) is 0 Å². The van der Waals surface area contributed by atoms with Gasteiger partial charge in [-0.3, -0.25) is 0 Å². The van der Waals surface area contributed by atoms with Crippen LogP contribution in [-0.2, 0) is 6.42 Å². The largest absolute Gasteiger partial charge is 0.496 e. The van der Waals surface area contributed by atoms with Gasteiger partial charge in [0.15, 0.2) is 0 Å². The van der Waals surface area contributed by atoms with Crippen LogP contribution in [0, 0.1) is 0 Å². The van der Waals surface area contributed by atoms with Gasteiger partial charge in [0.25, 0.3) is 0 Å². The van der Waals surface area contributed by atoms with E-state index in [1.54, 1.807) is 7.11 Å². The van der Waals surface area contributed by atoms with Crippen LogP contribution in [-0.4, -0.2) is 20.2 Å². The first-order valence-electron chi connectivity index (χ1n) is 5.71. The van der Waals surface area contributed by atoms with Crippen molar-refractivity contribution in [3.05, 3.63) is 28.8 Å². The minimum atomic E-state index is 0.484. The quantitative estimate of drug-likeness (QED) is 0.825. The Hall–Kier alpha value is -0.730. The van der Waals surface area contributed by atoms with Gasteiger partial charge in [0.2, 0.25) is 0 Å². The van der Waals surface area contributed by atoms with E-state index in [-0.39, 0.29) is 0 Å². The number of nitrogens with one attached hydrogen (secondary N) is 1. The number of halogens is 1. The summed E-state index contributed by atoms with van der Waals surface area (Å²) in [7, 11) is 3.69. The molecule has 0 aliphatic rings. The summed E-state index contributed by atoms with van der Waals surface area (Å²) in [6, 6.07) is 6.26. The molecular weight excluding hydrogens is 222 g/mol. The van der Waals surface area contributed by atoms with E-state index in [0.717, 1.165) is 23.6 Å². The first-order valence-corrected chi connectivity index (χ1v) is 6.08. The number of benzene rings is 1. The third-order valence-electron chi connectivity index (χ3n) is 2.75. The highest BCUT2D eigenvalue weighted by molar-refractivity contribution is 6.30. The lowest BCUT2D eigenvalue weighted by molar-refractivity contribution is 0.404. The van der Waals surface area contributed by atoms with Crippen molar-refractivity contribution in [3.8, 4) is 5.75 Å². The predicted molar refractivity (Wildman–Crippen MR) is 69.5 cm³/mol. The fourth-order valence-electron chi connectivity index (χ4n) is 1.87. The summed E-state index contributed by atoms with van der Waals surface area (Å²) < 4.78 is 5.34. The van der Waals surface area contributed by atoms with Crippen LogP contribution in [0.3, 0.4) is 0 Å². The van der Waals surface area contributed by atoms with Crippen molar-refractivity contribution >= 4 is 11.6 Å². The summed E-state index contributed by atoms with van der Waals surface area (Å²) in [5.74, 6) is 0.917. The van der Waals surface area contributed by atoms with Crippen LogP contribution in [0.4, 0.5) is 0 Å². The maximum Gasteiger partial charge on any atom is 0.122 e. The minimum Gasteiger partial charge on any atom is -0.496 e. The molecule has 16 heavy (non-hydrogen) atoms. The second-order valence-electron chi connectivity index (χ2n) is 3.93. The first-order chi connectivity index (χ1) is 7.71. The maximum atomic E-state index is 6.00. The second-order valence-corrected chi connectivity index (χ2v) is 4.37. The zero-order valence-electron chi connectivity index (χ0n) is 10.2. The molecule has 2 nitrogen and oxygen atoms in total. The van der Waals surface area contributed by atoms with Crippen LogP contribution in [0.15, 0.2) is 18.2 Å². The van der Waals surface area contributed by atoms with E-state index in [1.807, 2.05) is 25.2 Å². The summed E-state index contributed by atoms with van der Waals surface area (Å²) in [6.07, 6.45) is 3.29. The monoisotopic (exact) mass is 241 g/mol. The van der Waals surface area contributed by atoms with Gasteiger partial charge < -0.3 is 10.1 Å². The van der Waals surface area contributed by atoms with Crippen molar-refractivity contribution in [3.63, 3.8) is 0 Å². The van der Waals surface area contributed by atoms with Crippen molar-refractivity contribution < 1.29 is 4.74 Å². The van der Waals surface area contributed by atoms with Crippen LogP contribution in [0.2, 0.25) is 5.02 Å². The van der Waals surface area contributed by atoms with Gasteiger partial charge in [-0.2, -0.15) is 0 Å². The van der Waals surface area contributed by atoms with Gasteiger partial charge in [-0.15, -0.1) is 0 Å². The summed E-state index contributed by atoms with van der Waals surface area (Å²) in [4.78, 5) is 0. The minimum absolute atomic E-state index is 0.484. The standard InChI is InChI=1S/C13H20ClNO/c1-4-5-12(15-2)9-10-8-11(14)6-7-13(10)16-3/h6-8,12,15H,4-5,9H2,1-3H3. The molecule has 0 spiro atoms. The van der Waals surface area contributed by atoms with E-state index >= 15 is 0 Å². The average Bonchev–Trinajstić information content (AvgIpc) is 2.29. The molecule has 1 unspecified atom stereocenters. The highest BCUT2D eigenvalue weighted by Gasteiger charge is 2.10. The number of methoxy groups -OCH3 is 1. The van der Waals surface area contributed by atoms with E-state index in [0.29, 0.717) is 6.04 Å². The van der Waals surface area contributed by atoms with Crippen LogP contribution in [0.5, 0.6) is 5.75 Å². The highest BCUT2D eigenvalue weighted by Crippen LogP contribution is 2.24. The molecule has 1 rings (SSSR count). The summed E-state index contributed by atoms with van der Waals surface area (Å²) >= 11 is 6.00. The SMILES string of the molecule is CCCC(Cc1cc(Cl)ccc1OC)NC. The molecule has 0 aliphatic carbocycles. The Morgan fingerprint density at radius 3 is 2.75 bits per heavy atom. The Balaban J connectivity index is 2.80. The Kier molecular flexibility index (Phi) is 5.64. The Labute approximate surface area is 103 Å². The average molecular weight is 242 g/mol. The molecule has 0 radical (unpaired) electrons. The second kappa shape index (κ2) is 6.77. The van der Waals surface area contributed by atoms with Crippen LogP contribution in [0.25, 0.3) is 0 Å². The lowest BCUT2D eigenvalue weighted by Crippen LogP contribution is -2.27. The zero-order valence-corrected chi connectivity index (χ0v) is 11.0. The lowest BCUT2D eigenvalue weighted by Gasteiger charge is -2.17. The summed E-state index contributed by atoms with van der Waals surface area (Å²) in [6.45, 7) is 2.19. The molecule has 0 saturated carbocycles. The number of rotatable bonds is 6.